The van der Waals surface area contributed by atoms with E-state index in [1.807, 2.05) is 26.8 Å². The van der Waals surface area contributed by atoms with E-state index in [0.717, 1.165) is 11.1 Å². The van der Waals surface area contributed by atoms with Crippen LogP contribution in [0.4, 0.5) is 0 Å². The van der Waals surface area contributed by atoms with Crippen LogP contribution in [0.25, 0.3) is 0 Å². The molecule has 150 valence electrons. The normalized spacial score (nSPS) is 17.0. The van der Waals surface area contributed by atoms with Gasteiger partial charge in [-0.05, 0) is 31.4 Å². The highest BCUT2D eigenvalue weighted by molar-refractivity contribution is 7.89. The number of rotatable bonds is 5. The van der Waals surface area contributed by atoms with Gasteiger partial charge in [0.15, 0.2) is 0 Å². The first-order valence-electron chi connectivity index (χ1n) is 9.17. The standard InChI is InChI=1S/C19H29N3O4S/c1-13(2)18(20-16(5)23)19(24)21-8-10-22(11-9-21)27(25,26)17-7-6-14(3)12-15(17)4/h6-7,12-13,18H,8-11H2,1-5H3,(H,20,23). The van der Waals surface area contributed by atoms with Gasteiger partial charge in [0.2, 0.25) is 21.8 Å². The molecule has 0 bridgehead atoms. The summed E-state index contributed by atoms with van der Waals surface area (Å²) in [6.45, 7) is 9.96. The molecule has 1 aromatic rings. The number of hydrogen-bond donors (Lipinski definition) is 1. The maximum atomic E-state index is 12.9. The van der Waals surface area contributed by atoms with Crippen LogP contribution in [-0.4, -0.2) is 61.7 Å². The minimum Gasteiger partial charge on any atom is -0.344 e. The zero-order chi connectivity index (χ0) is 20.4. The van der Waals surface area contributed by atoms with E-state index in [2.05, 4.69) is 5.32 Å². The molecule has 1 saturated heterocycles. The second-order valence-electron chi connectivity index (χ2n) is 7.42. The fraction of sp³-hybridized carbons (Fsp3) is 0.579. The van der Waals surface area contributed by atoms with Gasteiger partial charge in [-0.25, -0.2) is 8.42 Å². The van der Waals surface area contributed by atoms with Gasteiger partial charge in [-0.15, -0.1) is 0 Å². The number of benzene rings is 1. The van der Waals surface area contributed by atoms with Crippen LogP contribution in [0.5, 0.6) is 0 Å². The lowest BCUT2D eigenvalue weighted by atomic mass is 10.0. The Labute approximate surface area is 161 Å². The maximum absolute atomic E-state index is 12.9. The lowest BCUT2D eigenvalue weighted by Gasteiger charge is -2.36. The molecule has 1 N–H and O–H groups in total. The Morgan fingerprint density at radius 1 is 1.07 bits per heavy atom. The molecule has 0 saturated carbocycles. The number of amides is 2. The van der Waals surface area contributed by atoms with Gasteiger partial charge in [-0.1, -0.05) is 31.5 Å². The van der Waals surface area contributed by atoms with Crippen molar-refractivity contribution in [1.29, 1.82) is 0 Å². The van der Waals surface area contributed by atoms with E-state index in [4.69, 9.17) is 0 Å². The first-order chi connectivity index (χ1) is 12.5. The molecule has 27 heavy (non-hydrogen) atoms. The molecule has 0 aliphatic carbocycles. The summed E-state index contributed by atoms with van der Waals surface area (Å²) in [6.07, 6.45) is 0. The molecular weight excluding hydrogens is 366 g/mol. The number of sulfonamides is 1. The van der Waals surface area contributed by atoms with E-state index in [1.165, 1.54) is 11.2 Å². The molecule has 0 aromatic heterocycles. The number of piperazine rings is 1. The molecule has 2 rings (SSSR count). The highest BCUT2D eigenvalue weighted by atomic mass is 32.2. The average molecular weight is 396 g/mol. The first kappa shape index (κ1) is 21.4. The highest BCUT2D eigenvalue weighted by Crippen LogP contribution is 2.22. The second-order valence-corrected chi connectivity index (χ2v) is 9.33. The lowest BCUT2D eigenvalue weighted by molar-refractivity contribution is -0.138. The molecule has 8 heteroatoms. The third-order valence-corrected chi connectivity index (χ3v) is 6.85. The molecule has 1 fully saturated rings. The van der Waals surface area contributed by atoms with E-state index >= 15 is 0 Å². The smallest absolute Gasteiger partial charge is 0.245 e. The van der Waals surface area contributed by atoms with Gasteiger partial charge in [0.05, 0.1) is 4.90 Å². The molecule has 1 heterocycles. The van der Waals surface area contributed by atoms with Crippen molar-refractivity contribution in [1.82, 2.24) is 14.5 Å². The number of carbonyl (C=O) groups is 2. The summed E-state index contributed by atoms with van der Waals surface area (Å²) in [5, 5.41) is 2.69. The van der Waals surface area contributed by atoms with Crippen molar-refractivity contribution < 1.29 is 18.0 Å². The SMILES string of the molecule is CC(=O)NC(C(=O)N1CCN(S(=O)(=O)c2ccc(C)cc2C)CC1)C(C)C. The van der Waals surface area contributed by atoms with Gasteiger partial charge < -0.3 is 10.2 Å². The van der Waals surface area contributed by atoms with Gasteiger partial charge in [-0.2, -0.15) is 4.31 Å². The zero-order valence-electron chi connectivity index (χ0n) is 16.7. The zero-order valence-corrected chi connectivity index (χ0v) is 17.5. The van der Waals surface area contributed by atoms with Gasteiger partial charge in [-0.3, -0.25) is 9.59 Å². The molecule has 1 aromatic carbocycles. The van der Waals surface area contributed by atoms with Gasteiger partial charge >= 0.3 is 0 Å². The van der Waals surface area contributed by atoms with Gasteiger partial charge in [0, 0.05) is 33.1 Å². The van der Waals surface area contributed by atoms with E-state index in [9.17, 15) is 18.0 Å². The van der Waals surface area contributed by atoms with E-state index in [1.54, 1.807) is 24.0 Å². The van der Waals surface area contributed by atoms with Crippen molar-refractivity contribution in [3.05, 3.63) is 29.3 Å². The van der Waals surface area contributed by atoms with Crippen LogP contribution in [-0.2, 0) is 19.6 Å². The number of nitrogens with zero attached hydrogens (tertiary/aromatic N) is 2. The molecule has 1 atom stereocenters. The maximum Gasteiger partial charge on any atom is 0.245 e. The minimum absolute atomic E-state index is 0.0432. The van der Waals surface area contributed by atoms with E-state index < -0.39 is 16.1 Å². The molecule has 1 aliphatic rings. The quantitative estimate of drug-likeness (QED) is 0.814. The van der Waals surface area contributed by atoms with Crippen LogP contribution in [0.15, 0.2) is 23.1 Å². The van der Waals surface area contributed by atoms with Crippen molar-refractivity contribution in [3.63, 3.8) is 0 Å². The van der Waals surface area contributed by atoms with E-state index in [0.29, 0.717) is 18.0 Å². The summed E-state index contributed by atoms with van der Waals surface area (Å²) < 4.78 is 27.3. The average Bonchev–Trinajstić information content (AvgIpc) is 2.58. The number of hydrogen-bond acceptors (Lipinski definition) is 4. The number of aryl methyl sites for hydroxylation is 2. The monoisotopic (exact) mass is 395 g/mol. The van der Waals surface area contributed by atoms with Crippen LogP contribution in [0, 0.1) is 19.8 Å². The van der Waals surface area contributed by atoms with Crippen molar-refractivity contribution in [2.24, 2.45) is 5.92 Å². The number of nitrogens with one attached hydrogen (secondary N) is 1. The second kappa shape index (κ2) is 8.39. The third-order valence-electron chi connectivity index (χ3n) is 4.79. The van der Waals surface area contributed by atoms with Crippen LogP contribution in [0.1, 0.15) is 31.9 Å². The Kier molecular flexibility index (Phi) is 6.64. The van der Waals surface area contributed by atoms with Crippen LogP contribution in [0.2, 0.25) is 0 Å². The Morgan fingerprint density at radius 2 is 1.67 bits per heavy atom. The molecule has 7 nitrogen and oxygen atoms in total. The lowest BCUT2D eigenvalue weighted by Crippen LogP contribution is -2.56. The largest absolute Gasteiger partial charge is 0.344 e. The Hall–Kier alpha value is -1.93. The van der Waals surface area contributed by atoms with Gasteiger partial charge in [0.1, 0.15) is 6.04 Å². The predicted molar refractivity (Wildman–Crippen MR) is 104 cm³/mol. The Bertz CT molecular complexity index is 812. The van der Waals surface area contributed by atoms with Crippen molar-refractivity contribution in [3.8, 4) is 0 Å². The van der Waals surface area contributed by atoms with Crippen molar-refractivity contribution >= 4 is 21.8 Å². The molecule has 2 amide bonds. The van der Waals surface area contributed by atoms with Crippen LogP contribution >= 0.6 is 0 Å². The first-order valence-corrected chi connectivity index (χ1v) is 10.6. The molecule has 1 aliphatic heterocycles. The number of carbonyl (C=O) groups excluding carboxylic acids is 2. The van der Waals surface area contributed by atoms with Gasteiger partial charge in [0.25, 0.3) is 0 Å². The third kappa shape index (κ3) is 4.87. The summed E-state index contributed by atoms with van der Waals surface area (Å²) in [4.78, 5) is 26.1. The predicted octanol–water partition coefficient (Wildman–Crippen LogP) is 1.30. The molecule has 0 radical (unpaired) electrons. The van der Waals surface area contributed by atoms with Crippen molar-refractivity contribution in [2.75, 3.05) is 26.2 Å². The van der Waals surface area contributed by atoms with Crippen molar-refractivity contribution in [2.45, 2.75) is 45.6 Å². The van der Waals surface area contributed by atoms with E-state index in [-0.39, 0.29) is 30.8 Å². The minimum atomic E-state index is -3.59. The summed E-state index contributed by atoms with van der Waals surface area (Å²) in [6, 6.07) is 4.70. The topological polar surface area (TPSA) is 86.8 Å². The molecule has 0 spiro atoms. The van der Waals surface area contributed by atoms with Crippen LogP contribution < -0.4 is 5.32 Å². The highest BCUT2D eigenvalue weighted by Gasteiger charge is 2.34. The summed E-state index contributed by atoms with van der Waals surface area (Å²) in [7, 11) is -3.59. The Balaban J connectivity index is 2.09. The molecule has 1 unspecified atom stereocenters. The fourth-order valence-electron chi connectivity index (χ4n) is 3.31. The summed E-state index contributed by atoms with van der Waals surface area (Å²) in [5.41, 5.74) is 1.73. The summed E-state index contributed by atoms with van der Waals surface area (Å²) >= 11 is 0. The Morgan fingerprint density at radius 3 is 2.15 bits per heavy atom. The summed E-state index contributed by atoms with van der Waals surface area (Å²) in [5.74, 6) is -0.458. The van der Waals surface area contributed by atoms with Crippen LogP contribution in [0.3, 0.4) is 0 Å². The fourth-order valence-corrected chi connectivity index (χ4v) is 4.93. The molecular formula is C19H29N3O4S.